The molecule has 2 aliphatic rings. The Morgan fingerprint density at radius 3 is 1.79 bits per heavy atom. The summed E-state index contributed by atoms with van der Waals surface area (Å²) in [6.45, 7) is 13.1. The van der Waals surface area contributed by atoms with Crippen LogP contribution in [0.4, 0.5) is 0 Å². The molecule has 5 rings (SSSR count). The highest BCUT2D eigenvalue weighted by Gasteiger charge is 2.52. The Balaban J connectivity index is 1.59. The van der Waals surface area contributed by atoms with Gasteiger partial charge in [0.25, 0.3) is 0 Å². The van der Waals surface area contributed by atoms with Gasteiger partial charge >= 0.3 is 7.12 Å². The molecule has 3 aromatic carbocycles. The van der Waals surface area contributed by atoms with E-state index >= 15 is 0 Å². The van der Waals surface area contributed by atoms with Crippen LogP contribution in [0.25, 0.3) is 22.3 Å². The maximum atomic E-state index is 6.39. The first kappa shape index (κ1) is 23.2. The molecule has 34 heavy (non-hydrogen) atoms. The summed E-state index contributed by atoms with van der Waals surface area (Å²) in [6, 6.07) is 22.1. The van der Waals surface area contributed by atoms with Crippen molar-refractivity contribution >= 4 is 12.6 Å². The second kappa shape index (κ2) is 8.00. The summed E-state index contributed by atoms with van der Waals surface area (Å²) in [5.41, 5.74) is 8.33. The maximum absolute atomic E-state index is 6.39. The normalized spacial score (nSPS) is 19.1. The van der Waals surface area contributed by atoms with E-state index in [1.165, 1.54) is 33.4 Å². The minimum atomic E-state index is -0.348. The van der Waals surface area contributed by atoms with E-state index in [1.54, 1.807) is 7.11 Å². The van der Waals surface area contributed by atoms with Gasteiger partial charge in [0.1, 0.15) is 5.75 Å². The van der Waals surface area contributed by atoms with Gasteiger partial charge in [-0.15, -0.1) is 0 Å². The Morgan fingerprint density at radius 2 is 1.24 bits per heavy atom. The van der Waals surface area contributed by atoms with Crippen LogP contribution in [0.2, 0.25) is 0 Å². The van der Waals surface area contributed by atoms with Crippen molar-refractivity contribution in [2.75, 3.05) is 7.11 Å². The van der Waals surface area contributed by atoms with E-state index in [1.807, 2.05) is 12.1 Å². The summed E-state index contributed by atoms with van der Waals surface area (Å²) in [4.78, 5) is 0. The molecule has 0 saturated carbocycles. The van der Waals surface area contributed by atoms with Crippen LogP contribution < -0.4 is 10.2 Å². The molecule has 0 amide bonds. The molecule has 1 aliphatic carbocycles. The van der Waals surface area contributed by atoms with Crippen molar-refractivity contribution < 1.29 is 14.0 Å². The fourth-order valence-electron chi connectivity index (χ4n) is 5.61. The van der Waals surface area contributed by atoms with Crippen LogP contribution in [-0.4, -0.2) is 25.4 Å². The van der Waals surface area contributed by atoms with E-state index in [2.05, 4.69) is 90.1 Å². The van der Waals surface area contributed by atoms with Gasteiger partial charge in [-0.2, -0.15) is 0 Å². The first-order chi connectivity index (χ1) is 16.2. The second-order valence-electron chi connectivity index (χ2n) is 10.7. The van der Waals surface area contributed by atoms with Crippen LogP contribution in [0.3, 0.4) is 0 Å². The van der Waals surface area contributed by atoms with Crippen molar-refractivity contribution in [2.24, 2.45) is 0 Å². The molecule has 0 atom stereocenters. The zero-order chi connectivity index (χ0) is 24.3. The lowest BCUT2D eigenvalue weighted by atomic mass is 9.70. The van der Waals surface area contributed by atoms with Gasteiger partial charge in [0.15, 0.2) is 0 Å². The van der Waals surface area contributed by atoms with Gasteiger partial charge in [0.05, 0.1) is 18.3 Å². The number of hydrogen-bond donors (Lipinski definition) is 0. The molecule has 1 fully saturated rings. The standard InChI is InChI=1S/C30H35BO3/c1-8-30(9-2)26-18-21(20-10-14-23(32-7)15-11-20)12-16-24(26)25-17-13-22(19-27(25)30)31-33-28(3,4)29(5,6)34-31/h10-19H,8-9H2,1-7H3. The summed E-state index contributed by atoms with van der Waals surface area (Å²) >= 11 is 0. The number of fused-ring (bicyclic) bond motifs is 3. The molecule has 0 unspecified atom stereocenters. The Hall–Kier alpha value is -2.56. The predicted octanol–water partition coefficient (Wildman–Crippen LogP) is 6.75. The average Bonchev–Trinajstić information content (AvgIpc) is 3.24. The van der Waals surface area contributed by atoms with E-state index in [9.17, 15) is 0 Å². The molecule has 3 aromatic rings. The molecule has 0 bridgehead atoms. The van der Waals surface area contributed by atoms with Gasteiger partial charge in [-0.25, -0.2) is 0 Å². The van der Waals surface area contributed by atoms with Crippen LogP contribution in [0.15, 0.2) is 60.7 Å². The fourth-order valence-corrected chi connectivity index (χ4v) is 5.61. The van der Waals surface area contributed by atoms with Gasteiger partial charge in [-0.3, -0.25) is 0 Å². The number of hydrogen-bond acceptors (Lipinski definition) is 3. The monoisotopic (exact) mass is 454 g/mol. The third kappa shape index (κ3) is 3.34. The zero-order valence-corrected chi connectivity index (χ0v) is 21.5. The molecular weight excluding hydrogens is 419 g/mol. The summed E-state index contributed by atoms with van der Waals surface area (Å²) in [7, 11) is 1.36. The number of benzene rings is 3. The predicted molar refractivity (Wildman–Crippen MR) is 141 cm³/mol. The highest BCUT2D eigenvalue weighted by molar-refractivity contribution is 6.62. The summed E-state index contributed by atoms with van der Waals surface area (Å²) in [5, 5.41) is 0. The Morgan fingerprint density at radius 1 is 0.706 bits per heavy atom. The molecule has 176 valence electrons. The van der Waals surface area contributed by atoms with Crippen LogP contribution in [0, 0.1) is 0 Å². The van der Waals surface area contributed by atoms with Gasteiger partial charge in [0.2, 0.25) is 0 Å². The molecular formula is C30H35BO3. The highest BCUT2D eigenvalue weighted by atomic mass is 16.7. The Kier molecular flexibility index (Phi) is 5.46. The number of ether oxygens (including phenoxy) is 1. The lowest BCUT2D eigenvalue weighted by Gasteiger charge is -2.32. The third-order valence-electron chi connectivity index (χ3n) is 8.54. The zero-order valence-electron chi connectivity index (χ0n) is 21.5. The summed E-state index contributed by atoms with van der Waals surface area (Å²) in [5.74, 6) is 0.879. The molecule has 0 spiro atoms. The molecule has 0 N–H and O–H groups in total. The fraction of sp³-hybridized carbons (Fsp3) is 0.400. The van der Waals surface area contributed by atoms with E-state index < -0.39 is 0 Å². The van der Waals surface area contributed by atoms with Crippen LogP contribution in [0.1, 0.15) is 65.5 Å². The highest BCUT2D eigenvalue weighted by Crippen LogP contribution is 2.53. The molecule has 1 aliphatic heterocycles. The molecule has 1 saturated heterocycles. The molecule has 0 aromatic heterocycles. The summed E-state index contributed by atoms with van der Waals surface area (Å²) in [6.07, 6.45) is 2.09. The first-order valence-electron chi connectivity index (χ1n) is 12.4. The molecule has 4 heteroatoms. The average molecular weight is 454 g/mol. The van der Waals surface area contributed by atoms with E-state index in [0.717, 1.165) is 24.1 Å². The quantitative estimate of drug-likeness (QED) is 0.399. The van der Waals surface area contributed by atoms with Crippen LogP contribution in [-0.2, 0) is 14.7 Å². The minimum absolute atomic E-state index is 0.0210. The summed E-state index contributed by atoms with van der Waals surface area (Å²) < 4.78 is 18.1. The SMILES string of the molecule is CCC1(CC)c2cc(B3OC(C)(C)C(C)(C)O3)ccc2-c2ccc(-c3ccc(OC)cc3)cc21. The lowest BCUT2D eigenvalue weighted by Crippen LogP contribution is -2.41. The van der Waals surface area contributed by atoms with Crippen molar-refractivity contribution in [3.05, 3.63) is 71.8 Å². The van der Waals surface area contributed by atoms with Crippen LogP contribution >= 0.6 is 0 Å². The van der Waals surface area contributed by atoms with Crippen LogP contribution in [0.5, 0.6) is 5.75 Å². The largest absolute Gasteiger partial charge is 0.497 e. The van der Waals surface area contributed by atoms with Gasteiger partial charge in [0, 0.05) is 5.41 Å². The number of rotatable bonds is 5. The smallest absolute Gasteiger partial charge is 0.494 e. The third-order valence-corrected chi connectivity index (χ3v) is 8.54. The number of methoxy groups -OCH3 is 1. The van der Waals surface area contributed by atoms with Gasteiger partial charge < -0.3 is 14.0 Å². The van der Waals surface area contributed by atoms with Crippen molar-refractivity contribution in [3.63, 3.8) is 0 Å². The molecule has 3 nitrogen and oxygen atoms in total. The Labute approximate surface area is 204 Å². The van der Waals surface area contributed by atoms with Crippen molar-refractivity contribution in [1.82, 2.24) is 0 Å². The first-order valence-corrected chi connectivity index (χ1v) is 12.4. The second-order valence-corrected chi connectivity index (χ2v) is 10.7. The lowest BCUT2D eigenvalue weighted by molar-refractivity contribution is 0.00578. The van der Waals surface area contributed by atoms with Gasteiger partial charge in [-0.05, 0) is 97.6 Å². The minimum Gasteiger partial charge on any atom is -0.497 e. The van der Waals surface area contributed by atoms with E-state index in [-0.39, 0.29) is 23.7 Å². The van der Waals surface area contributed by atoms with Gasteiger partial charge in [-0.1, -0.05) is 56.3 Å². The van der Waals surface area contributed by atoms with Crippen molar-refractivity contribution in [2.45, 2.75) is 71.0 Å². The maximum Gasteiger partial charge on any atom is 0.494 e. The van der Waals surface area contributed by atoms with E-state index in [0.29, 0.717) is 0 Å². The Bertz CT molecular complexity index is 1210. The molecule has 1 heterocycles. The van der Waals surface area contributed by atoms with Crippen molar-refractivity contribution in [1.29, 1.82) is 0 Å². The topological polar surface area (TPSA) is 27.7 Å². The van der Waals surface area contributed by atoms with Crippen molar-refractivity contribution in [3.8, 4) is 28.0 Å². The molecule has 0 radical (unpaired) electrons. The van der Waals surface area contributed by atoms with E-state index in [4.69, 9.17) is 14.0 Å².